The largest absolute Gasteiger partial charge is 0.513 e. The molecular weight excluding hydrogens is 544 g/mol. The van der Waals surface area contributed by atoms with Crippen LogP contribution in [0.4, 0.5) is 5.13 Å². The van der Waals surface area contributed by atoms with E-state index in [1.807, 2.05) is 0 Å². The number of rotatable bonds is 12. The fourth-order valence-corrected chi connectivity index (χ4v) is 6.12. The number of carbonyl (C=O) groups is 1. The Hall–Kier alpha value is -3.52. The van der Waals surface area contributed by atoms with Crippen LogP contribution in [0.15, 0.2) is 59.0 Å². The molecule has 208 valence electrons. The van der Waals surface area contributed by atoms with E-state index in [-0.39, 0.29) is 40.5 Å². The number of sulfonamides is 1. The van der Waals surface area contributed by atoms with Gasteiger partial charge in [0.25, 0.3) is 5.91 Å². The number of thiazole rings is 1. The zero-order valence-electron chi connectivity index (χ0n) is 21.6. The molecule has 3 aromatic rings. The van der Waals surface area contributed by atoms with E-state index in [0.717, 1.165) is 12.8 Å². The molecule has 1 aliphatic heterocycles. The van der Waals surface area contributed by atoms with Crippen LogP contribution in [0.5, 0.6) is 17.5 Å². The summed E-state index contributed by atoms with van der Waals surface area (Å²) in [7, 11) is -2.00. The summed E-state index contributed by atoms with van der Waals surface area (Å²) in [6.07, 6.45) is 1.54. The lowest BCUT2D eigenvalue weighted by Crippen LogP contribution is -2.27. The SMILES string of the molecule is C=C(O)Cc1csc(NC(=O)c2cc(Oc3ccc(S(=O)(=O)N4CCCC4)cc3)nc(O[C@H](C)COC)c2)n1. The molecule has 13 heteroatoms. The predicted molar refractivity (Wildman–Crippen MR) is 146 cm³/mol. The fraction of sp³-hybridized carbons (Fsp3) is 0.346. The molecule has 0 unspecified atom stereocenters. The van der Waals surface area contributed by atoms with Crippen molar-refractivity contribution >= 4 is 32.4 Å². The van der Waals surface area contributed by atoms with Gasteiger partial charge in [0.1, 0.15) is 11.9 Å². The van der Waals surface area contributed by atoms with Crippen molar-refractivity contribution in [1.82, 2.24) is 14.3 Å². The van der Waals surface area contributed by atoms with Gasteiger partial charge >= 0.3 is 0 Å². The van der Waals surface area contributed by atoms with E-state index < -0.39 is 15.9 Å². The second kappa shape index (κ2) is 12.6. The van der Waals surface area contributed by atoms with Crippen molar-refractivity contribution in [1.29, 1.82) is 0 Å². The van der Waals surface area contributed by atoms with Crippen LogP contribution >= 0.6 is 11.3 Å². The van der Waals surface area contributed by atoms with Gasteiger partial charge in [-0.2, -0.15) is 9.29 Å². The number of hydrogen-bond acceptors (Lipinski definition) is 10. The maximum absolute atomic E-state index is 13.0. The Kier molecular flexibility index (Phi) is 9.17. The Bertz CT molecular complexity index is 1420. The van der Waals surface area contributed by atoms with E-state index in [2.05, 4.69) is 21.9 Å². The summed E-state index contributed by atoms with van der Waals surface area (Å²) < 4.78 is 43.9. The van der Waals surface area contributed by atoms with Gasteiger partial charge in [0.2, 0.25) is 21.8 Å². The number of allylic oxidation sites excluding steroid dienone is 1. The molecule has 11 nitrogen and oxygen atoms in total. The zero-order valence-corrected chi connectivity index (χ0v) is 23.3. The van der Waals surface area contributed by atoms with Crippen LogP contribution in [0.1, 0.15) is 35.8 Å². The normalized spacial score (nSPS) is 14.6. The summed E-state index contributed by atoms with van der Waals surface area (Å²) in [6.45, 7) is 6.58. The molecule has 1 saturated heterocycles. The van der Waals surface area contributed by atoms with Crippen molar-refractivity contribution in [3.63, 3.8) is 0 Å². The van der Waals surface area contributed by atoms with E-state index in [9.17, 15) is 18.3 Å². The molecule has 1 atom stereocenters. The maximum Gasteiger partial charge on any atom is 0.257 e. The van der Waals surface area contributed by atoms with E-state index in [4.69, 9.17) is 14.2 Å². The third-order valence-electron chi connectivity index (χ3n) is 5.67. The molecule has 3 heterocycles. The molecule has 4 rings (SSSR count). The molecule has 0 saturated carbocycles. The molecule has 2 N–H and O–H groups in total. The number of anilines is 1. The number of aliphatic hydroxyl groups excluding tert-OH is 1. The minimum absolute atomic E-state index is 0.0252. The first kappa shape index (κ1) is 28.5. The molecule has 2 aromatic heterocycles. The number of amides is 1. The van der Waals surface area contributed by atoms with Gasteiger partial charge in [0.05, 0.1) is 28.5 Å². The number of nitrogens with one attached hydrogen (secondary N) is 1. The summed E-state index contributed by atoms with van der Waals surface area (Å²) in [4.78, 5) is 21.9. The molecular formula is C26H30N4O7S2. The summed E-state index contributed by atoms with van der Waals surface area (Å²) in [6, 6.07) is 8.97. The molecule has 0 radical (unpaired) electrons. The lowest BCUT2D eigenvalue weighted by Gasteiger charge is -2.16. The maximum atomic E-state index is 13.0. The van der Waals surface area contributed by atoms with Crippen LogP contribution in [0.2, 0.25) is 0 Å². The average Bonchev–Trinajstić information content (AvgIpc) is 3.57. The molecule has 1 aromatic carbocycles. The highest BCUT2D eigenvalue weighted by Crippen LogP contribution is 2.28. The van der Waals surface area contributed by atoms with Gasteiger partial charge in [0, 0.05) is 44.1 Å². The highest BCUT2D eigenvalue weighted by molar-refractivity contribution is 7.89. The number of hydrogen-bond donors (Lipinski definition) is 2. The van der Waals surface area contributed by atoms with Gasteiger partial charge in [-0.3, -0.25) is 10.1 Å². The summed E-state index contributed by atoms with van der Waals surface area (Å²) >= 11 is 1.21. The monoisotopic (exact) mass is 574 g/mol. The van der Waals surface area contributed by atoms with E-state index in [0.29, 0.717) is 36.3 Å². The van der Waals surface area contributed by atoms with Crippen LogP contribution in [-0.4, -0.2) is 66.6 Å². The molecule has 0 spiro atoms. The second-order valence-electron chi connectivity index (χ2n) is 8.94. The number of aromatic nitrogens is 2. The highest BCUT2D eigenvalue weighted by Gasteiger charge is 2.27. The van der Waals surface area contributed by atoms with Crippen molar-refractivity contribution in [2.75, 3.05) is 32.1 Å². The Balaban J connectivity index is 1.54. The number of nitrogens with zero attached hydrogens (tertiary/aromatic N) is 3. The highest BCUT2D eigenvalue weighted by atomic mass is 32.2. The molecule has 1 amide bonds. The number of carbonyl (C=O) groups excluding carboxylic acids is 1. The Morgan fingerprint density at radius 3 is 2.54 bits per heavy atom. The number of methoxy groups -OCH3 is 1. The fourth-order valence-electron chi connectivity index (χ4n) is 3.90. The second-order valence-corrected chi connectivity index (χ2v) is 11.7. The van der Waals surface area contributed by atoms with Gasteiger partial charge in [0.15, 0.2) is 5.13 Å². The van der Waals surface area contributed by atoms with Crippen LogP contribution in [0, 0.1) is 0 Å². The van der Waals surface area contributed by atoms with Crippen molar-refractivity contribution in [2.24, 2.45) is 0 Å². The van der Waals surface area contributed by atoms with E-state index in [1.54, 1.807) is 19.4 Å². The van der Waals surface area contributed by atoms with E-state index >= 15 is 0 Å². The number of benzene rings is 1. The van der Waals surface area contributed by atoms with Crippen LogP contribution in [0.25, 0.3) is 0 Å². The summed E-state index contributed by atoms with van der Waals surface area (Å²) in [5, 5.41) is 14.2. The van der Waals surface area contributed by atoms with E-state index in [1.165, 1.54) is 52.0 Å². The van der Waals surface area contributed by atoms with Gasteiger partial charge in [-0.25, -0.2) is 13.4 Å². The van der Waals surface area contributed by atoms with Crippen molar-refractivity contribution in [3.8, 4) is 17.5 Å². The van der Waals surface area contributed by atoms with Crippen molar-refractivity contribution < 1.29 is 32.5 Å². The van der Waals surface area contributed by atoms with Crippen LogP contribution in [0.3, 0.4) is 0 Å². The third-order valence-corrected chi connectivity index (χ3v) is 8.39. The molecule has 39 heavy (non-hydrogen) atoms. The van der Waals surface area contributed by atoms with Gasteiger partial charge in [-0.1, -0.05) is 6.58 Å². The smallest absolute Gasteiger partial charge is 0.257 e. The Morgan fingerprint density at radius 1 is 1.18 bits per heavy atom. The van der Waals surface area contributed by atoms with Crippen molar-refractivity contribution in [3.05, 3.63) is 65.4 Å². The van der Waals surface area contributed by atoms with Crippen LogP contribution in [-0.2, 0) is 21.2 Å². The quantitative estimate of drug-likeness (QED) is 0.301. The minimum atomic E-state index is -3.55. The van der Waals surface area contributed by atoms with Crippen molar-refractivity contribution in [2.45, 2.75) is 37.2 Å². The predicted octanol–water partition coefficient (Wildman–Crippen LogP) is 4.40. The molecule has 0 bridgehead atoms. The van der Waals surface area contributed by atoms with Gasteiger partial charge < -0.3 is 19.3 Å². The van der Waals surface area contributed by atoms with Gasteiger partial charge in [-0.15, -0.1) is 11.3 Å². The standard InChI is InChI=1S/C26H30N4O7S2/c1-17(31)12-20-16-38-26(27-20)29-25(32)19-13-23(36-18(2)15-35-3)28-24(14-19)37-21-6-8-22(9-7-21)39(33,34)30-10-4-5-11-30/h6-9,13-14,16,18,31H,1,4-5,10-12,15H2,2-3H3,(H,27,29,32)/t18-/m1/s1. The van der Waals surface area contributed by atoms with Crippen LogP contribution < -0.4 is 14.8 Å². The third kappa shape index (κ3) is 7.53. The lowest BCUT2D eigenvalue weighted by molar-refractivity contribution is 0.0882. The average molecular weight is 575 g/mol. The first-order chi connectivity index (χ1) is 18.6. The zero-order chi connectivity index (χ0) is 28.0. The Morgan fingerprint density at radius 2 is 1.87 bits per heavy atom. The molecule has 1 aliphatic rings. The summed E-state index contributed by atoms with van der Waals surface area (Å²) in [5.74, 6) is 0.0656. The van der Waals surface area contributed by atoms with Gasteiger partial charge in [-0.05, 0) is 44.0 Å². The first-order valence-electron chi connectivity index (χ1n) is 12.2. The molecule has 0 aliphatic carbocycles. The number of ether oxygens (including phenoxy) is 3. The topological polar surface area (TPSA) is 140 Å². The number of pyridine rings is 1. The summed E-state index contributed by atoms with van der Waals surface area (Å²) in [5.41, 5.74) is 0.783. The first-order valence-corrected chi connectivity index (χ1v) is 14.5. The Labute approximate surface area is 231 Å². The number of aliphatic hydroxyl groups is 1. The molecule has 1 fully saturated rings. The lowest BCUT2D eigenvalue weighted by atomic mass is 10.2. The minimum Gasteiger partial charge on any atom is -0.513 e.